The predicted molar refractivity (Wildman–Crippen MR) is 97.2 cm³/mol. The maximum absolute atomic E-state index is 10.1. The highest BCUT2D eigenvalue weighted by Gasteiger charge is 2.15. The molecule has 0 bridgehead atoms. The van der Waals surface area contributed by atoms with Crippen LogP contribution >= 0.6 is 11.8 Å². The zero-order valence-corrected chi connectivity index (χ0v) is 14.8. The predicted octanol–water partition coefficient (Wildman–Crippen LogP) is 2.77. The summed E-state index contributed by atoms with van der Waals surface area (Å²) >= 11 is 1.50. The maximum Gasteiger partial charge on any atom is 0.208 e. The van der Waals surface area contributed by atoms with Crippen molar-refractivity contribution in [1.82, 2.24) is 20.5 Å². The van der Waals surface area contributed by atoms with Crippen LogP contribution in [0.5, 0.6) is 0 Å². The molecule has 1 unspecified atom stereocenters. The van der Waals surface area contributed by atoms with Crippen molar-refractivity contribution >= 4 is 11.8 Å². The van der Waals surface area contributed by atoms with Gasteiger partial charge in [-0.15, -0.1) is 5.10 Å². The number of nitrogens with one attached hydrogen (secondary N) is 2. The topological polar surface area (TPSA) is 73.8 Å². The summed E-state index contributed by atoms with van der Waals surface area (Å²) < 4.78 is 0. The molecular weight excluding hydrogens is 320 g/mol. The zero-order valence-electron chi connectivity index (χ0n) is 13.9. The minimum atomic E-state index is -0.368. The lowest BCUT2D eigenvalue weighted by molar-refractivity contribution is 0.185. The van der Waals surface area contributed by atoms with Gasteiger partial charge in [0.1, 0.15) is 5.82 Å². The Labute approximate surface area is 147 Å². The van der Waals surface area contributed by atoms with Crippen molar-refractivity contribution in [3.8, 4) is 0 Å². The van der Waals surface area contributed by atoms with Crippen molar-refractivity contribution in [3.63, 3.8) is 0 Å². The molecule has 1 aromatic heterocycles. The SMILES string of the molecule is OC(CNC1CCCCC1)CSc1n[nH]c(Cc2ccccc2)n1. The molecule has 130 valence electrons. The molecule has 0 spiro atoms. The van der Waals surface area contributed by atoms with Crippen LogP contribution in [0.4, 0.5) is 0 Å². The van der Waals surface area contributed by atoms with Crippen molar-refractivity contribution in [2.75, 3.05) is 12.3 Å². The highest BCUT2D eigenvalue weighted by Crippen LogP contribution is 2.18. The first-order valence-corrected chi connectivity index (χ1v) is 9.77. The van der Waals surface area contributed by atoms with Crippen molar-refractivity contribution in [3.05, 3.63) is 41.7 Å². The van der Waals surface area contributed by atoms with Gasteiger partial charge in [-0.25, -0.2) is 4.98 Å². The summed E-state index contributed by atoms with van der Waals surface area (Å²) in [5, 5.41) is 21.5. The van der Waals surface area contributed by atoms with E-state index in [-0.39, 0.29) is 6.10 Å². The molecule has 1 aliphatic carbocycles. The lowest BCUT2D eigenvalue weighted by Crippen LogP contribution is -2.37. The van der Waals surface area contributed by atoms with E-state index in [2.05, 4.69) is 32.6 Å². The molecule has 0 radical (unpaired) electrons. The second-order valence-corrected chi connectivity index (χ2v) is 7.42. The molecule has 3 N–H and O–H groups in total. The van der Waals surface area contributed by atoms with E-state index in [1.165, 1.54) is 49.4 Å². The van der Waals surface area contributed by atoms with Crippen LogP contribution in [0.2, 0.25) is 0 Å². The van der Waals surface area contributed by atoms with Gasteiger partial charge < -0.3 is 10.4 Å². The van der Waals surface area contributed by atoms with E-state index >= 15 is 0 Å². The molecule has 3 rings (SSSR count). The molecule has 0 amide bonds. The van der Waals surface area contributed by atoms with Crippen LogP contribution in [0.15, 0.2) is 35.5 Å². The summed E-state index contributed by atoms with van der Waals surface area (Å²) in [7, 11) is 0. The number of nitrogens with zero attached hydrogens (tertiary/aromatic N) is 2. The van der Waals surface area contributed by atoms with E-state index in [1.54, 1.807) is 0 Å². The number of aromatic nitrogens is 3. The molecule has 1 heterocycles. The van der Waals surface area contributed by atoms with Gasteiger partial charge in [0, 0.05) is 24.8 Å². The minimum Gasteiger partial charge on any atom is -0.391 e. The van der Waals surface area contributed by atoms with Gasteiger partial charge in [-0.05, 0) is 18.4 Å². The summed E-state index contributed by atoms with van der Waals surface area (Å²) in [4.78, 5) is 4.49. The third-order valence-corrected chi connectivity index (χ3v) is 5.37. The Bertz CT molecular complexity index is 598. The number of aliphatic hydroxyl groups is 1. The van der Waals surface area contributed by atoms with Gasteiger partial charge in [0.2, 0.25) is 5.16 Å². The molecule has 2 aromatic rings. The molecule has 0 saturated heterocycles. The van der Waals surface area contributed by atoms with Gasteiger partial charge in [0.05, 0.1) is 6.10 Å². The van der Waals surface area contributed by atoms with Gasteiger partial charge in [0.25, 0.3) is 0 Å². The Morgan fingerprint density at radius 3 is 2.79 bits per heavy atom. The minimum absolute atomic E-state index is 0.368. The molecule has 24 heavy (non-hydrogen) atoms. The normalized spacial score (nSPS) is 17.0. The van der Waals surface area contributed by atoms with Crippen molar-refractivity contribution in [2.45, 2.75) is 55.8 Å². The van der Waals surface area contributed by atoms with Gasteiger partial charge in [0.15, 0.2) is 0 Å². The van der Waals surface area contributed by atoms with Gasteiger partial charge >= 0.3 is 0 Å². The molecule has 1 aliphatic rings. The van der Waals surface area contributed by atoms with E-state index < -0.39 is 0 Å². The van der Waals surface area contributed by atoms with Crippen LogP contribution < -0.4 is 5.32 Å². The van der Waals surface area contributed by atoms with E-state index in [4.69, 9.17) is 0 Å². The molecule has 1 saturated carbocycles. The van der Waals surface area contributed by atoms with Gasteiger partial charge in [-0.2, -0.15) is 0 Å². The number of aliphatic hydroxyl groups excluding tert-OH is 1. The van der Waals surface area contributed by atoms with Gasteiger partial charge in [-0.3, -0.25) is 5.10 Å². The Hall–Kier alpha value is -1.37. The average molecular weight is 346 g/mol. The van der Waals surface area contributed by atoms with Crippen molar-refractivity contribution in [1.29, 1.82) is 0 Å². The number of aromatic amines is 1. The fourth-order valence-corrected chi connectivity index (χ4v) is 3.79. The fraction of sp³-hybridized carbons (Fsp3) is 0.556. The van der Waals surface area contributed by atoms with E-state index in [1.807, 2.05) is 18.2 Å². The van der Waals surface area contributed by atoms with Crippen LogP contribution in [-0.2, 0) is 6.42 Å². The van der Waals surface area contributed by atoms with Crippen molar-refractivity contribution in [2.24, 2.45) is 0 Å². The first-order chi connectivity index (χ1) is 11.8. The van der Waals surface area contributed by atoms with Crippen LogP contribution in [-0.4, -0.2) is 44.7 Å². The van der Waals surface area contributed by atoms with Crippen LogP contribution in [0.25, 0.3) is 0 Å². The molecule has 5 nitrogen and oxygen atoms in total. The van der Waals surface area contributed by atoms with E-state index in [9.17, 15) is 5.11 Å². The summed E-state index contributed by atoms with van der Waals surface area (Å²) in [6, 6.07) is 10.8. The Morgan fingerprint density at radius 2 is 2.00 bits per heavy atom. The number of hydrogen-bond acceptors (Lipinski definition) is 5. The monoisotopic (exact) mass is 346 g/mol. The Kier molecular flexibility index (Phi) is 6.69. The highest BCUT2D eigenvalue weighted by molar-refractivity contribution is 7.99. The summed E-state index contributed by atoms with van der Waals surface area (Å²) in [6.45, 7) is 0.652. The molecule has 1 atom stereocenters. The zero-order chi connectivity index (χ0) is 16.6. The number of H-pyrrole nitrogens is 1. The van der Waals surface area contributed by atoms with E-state index in [0.29, 0.717) is 23.5 Å². The summed E-state index contributed by atoms with van der Waals surface area (Å²) in [5.74, 6) is 1.47. The molecule has 0 aliphatic heterocycles. The first-order valence-electron chi connectivity index (χ1n) is 8.79. The Morgan fingerprint density at radius 1 is 1.21 bits per heavy atom. The smallest absolute Gasteiger partial charge is 0.208 e. The fourth-order valence-electron chi connectivity index (χ4n) is 3.05. The number of hydrogen-bond donors (Lipinski definition) is 3. The summed E-state index contributed by atoms with van der Waals surface area (Å²) in [5.41, 5.74) is 1.21. The quantitative estimate of drug-likeness (QED) is 0.641. The lowest BCUT2D eigenvalue weighted by atomic mass is 9.95. The van der Waals surface area contributed by atoms with E-state index in [0.717, 1.165) is 12.2 Å². The standard InChI is InChI=1S/C18H26N4OS/c23-16(12-19-15-9-5-2-6-10-15)13-24-18-20-17(21-22-18)11-14-7-3-1-4-8-14/h1,3-4,7-8,15-16,19,23H,2,5-6,9-13H2,(H,20,21,22). The molecule has 6 heteroatoms. The molecule has 1 aromatic carbocycles. The number of benzene rings is 1. The molecule has 1 fully saturated rings. The number of thioether (sulfide) groups is 1. The third-order valence-electron chi connectivity index (χ3n) is 4.38. The Balaban J connectivity index is 1.38. The second-order valence-electron chi connectivity index (χ2n) is 6.44. The van der Waals surface area contributed by atoms with Crippen LogP contribution in [0.3, 0.4) is 0 Å². The first kappa shape index (κ1) is 17.5. The maximum atomic E-state index is 10.1. The largest absolute Gasteiger partial charge is 0.391 e. The second kappa shape index (κ2) is 9.20. The third kappa shape index (κ3) is 5.61. The number of rotatable bonds is 8. The average Bonchev–Trinajstić information content (AvgIpc) is 3.07. The lowest BCUT2D eigenvalue weighted by Gasteiger charge is -2.24. The summed E-state index contributed by atoms with van der Waals surface area (Å²) in [6.07, 6.45) is 6.83. The highest BCUT2D eigenvalue weighted by atomic mass is 32.2. The van der Waals surface area contributed by atoms with Crippen molar-refractivity contribution < 1.29 is 5.11 Å². The van der Waals surface area contributed by atoms with Crippen LogP contribution in [0.1, 0.15) is 43.5 Å². The van der Waals surface area contributed by atoms with Gasteiger partial charge in [-0.1, -0.05) is 61.4 Å². The van der Waals surface area contributed by atoms with Crippen LogP contribution in [0, 0.1) is 0 Å². The molecular formula is C18H26N4OS.